The highest BCUT2D eigenvalue weighted by Gasteiger charge is 2.10. The average molecular weight is 260 g/mol. The standard InChI is InChI=1S/C17H28N2/c1-15(2)10-11-18-14-16-6-8-17(9-7-16)19-12-4-3-5-13-19/h6-9,15,18H,3-5,10-14H2,1-2H3. The van der Waals surface area contributed by atoms with Crippen LogP contribution in [0.2, 0.25) is 0 Å². The molecule has 0 spiro atoms. The molecule has 19 heavy (non-hydrogen) atoms. The highest BCUT2D eigenvalue weighted by molar-refractivity contribution is 5.47. The molecule has 1 heterocycles. The van der Waals surface area contributed by atoms with E-state index in [-0.39, 0.29) is 0 Å². The van der Waals surface area contributed by atoms with Crippen LogP contribution < -0.4 is 10.2 Å². The van der Waals surface area contributed by atoms with Gasteiger partial charge in [-0.05, 0) is 55.8 Å². The van der Waals surface area contributed by atoms with Crippen molar-refractivity contribution in [2.24, 2.45) is 5.92 Å². The number of rotatable bonds is 6. The Balaban J connectivity index is 1.77. The Bertz CT molecular complexity index is 350. The fourth-order valence-corrected chi connectivity index (χ4v) is 2.60. The summed E-state index contributed by atoms with van der Waals surface area (Å²) in [6.07, 6.45) is 5.34. The molecule has 1 aromatic rings. The second-order valence-electron chi connectivity index (χ2n) is 6.07. The quantitative estimate of drug-likeness (QED) is 0.782. The zero-order valence-corrected chi connectivity index (χ0v) is 12.5. The summed E-state index contributed by atoms with van der Waals surface area (Å²) in [5.41, 5.74) is 2.79. The summed E-state index contributed by atoms with van der Waals surface area (Å²) < 4.78 is 0. The smallest absolute Gasteiger partial charge is 0.0366 e. The van der Waals surface area contributed by atoms with Crippen molar-refractivity contribution < 1.29 is 0 Å². The summed E-state index contributed by atoms with van der Waals surface area (Å²) in [5.74, 6) is 0.786. The van der Waals surface area contributed by atoms with Crippen LogP contribution in [0.4, 0.5) is 5.69 Å². The number of hydrogen-bond acceptors (Lipinski definition) is 2. The SMILES string of the molecule is CC(C)CCNCc1ccc(N2CCCCC2)cc1. The molecule has 0 radical (unpaired) electrons. The second-order valence-corrected chi connectivity index (χ2v) is 6.07. The summed E-state index contributed by atoms with van der Waals surface area (Å²) in [6, 6.07) is 9.11. The van der Waals surface area contributed by atoms with E-state index in [0.717, 1.165) is 19.0 Å². The van der Waals surface area contributed by atoms with Crippen LogP contribution in [-0.2, 0) is 6.54 Å². The van der Waals surface area contributed by atoms with Crippen LogP contribution in [-0.4, -0.2) is 19.6 Å². The van der Waals surface area contributed by atoms with Gasteiger partial charge in [-0.15, -0.1) is 0 Å². The molecule has 2 nitrogen and oxygen atoms in total. The molecule has 0 bridgehead atoms. The number of anilines is 1. The van der Waals surface area contributed by atoms with E-state index >= 15 is 0 Å². The Hall–Kier alpha value is -1.02. The van der Waals surface area contributed by atoms with Crippen LogP contribution in [0.5, 0.6) is 0 Å². The first kappa shape index (κ1) is 14.4. The van der Waals surface area contributed by atoms with Crippen molar-refractivity contribution in [3.8, 4) is 0 Å². The molecule has 2 heteroatoms. The molecule has 106 valence electrons. The number of benzene rings is 1. The maximum absolute atomic E-state index is 3.52. The fourth-order valence-electron chi connectivity index (χ4n) is 2.60. The van der Waals surface area contributed by atoms with Gasteiger partial charge in [-0.3, -0.25) is 0 Å². The third-order valence-electron chi connectivity index (χ3n) is 3.89. The van der Waals surface area contributed by atoms with Gasteiger partial charge in [-0.2, -0.15) is 0 Å². The molecule has 0 amide bonds. The highest BCUT2D eigenvalue weighted by atomic mass is 15.1. The molecule has 1 aliphatic rings. The van der Waals surface area contributed by atoms with Crippen LogP contribution >= 0.6 is 0 Å². The molecule has 0 unspecified atom stereocenters. The molecule has 0 aliphatic carbocycles. The maximum atomic E-state index is 3.52. The Morgan fingerprint density at radius 3 is 2.37 bits per heavy atom. The van der Waals surface area contributed by atoms with Crippen LogP contribution in [0.3, 0.4) is 0 Å². The monoisotopic (exact) mass is 260 g/mol. The van der Waals surface area contributed by atoms with Gasteiger partial charge in [0, 0.05) is 25.3 Å². The zero-order chi connectivity index (χ0) is 13.5. The second kappa shape index (κ2) is 7.54. The van der Waals surface area contributed by atoms with Crippen molar-refractivity contribution in [1.82, 2.24) is 5.32 Å². The lowest BCUT2D eigenvalue weighted by Gasteiger charge is -2.28. The Labute approximate surface area is 118 Å². The molecule has 1 aromatic carbocycles. The van der Waals surface area contributed by atoms with Gasteiger partial charge in [0.15, 0.2) is 0 Å². The summed E-state index contributed by atoms with van der Waals surface area (Å²) in [5, 5.41) is 3.52. The first-order valence-electron chi connectivity index (χ1n) is 7.80. The van der Waals surface area contributed by atoms with Crippen molar-refractivity contribution in [1.29, 1.82) is 0 Å². The summed E-state index contributed by atoms with van der Waals surface area (Å²) >= 11 is 0. The van der Waals surface area contributed by atoms with Crippen LogP contribution in [0.15, 0.2) is 24.3 Å². The van der Waals surface area contributed by atoms with Gasteiger partial charge in [0.2, 0.25) is 0 Å². The van der Waals surface area contributed by atoms with Gasteiger partial charge >= 0.3 is 0 Å². The van der Waals surface area contributed by atoms with E-state index in [2.05, 4.69) is 48.3 Å². The molecule has 0 aromatic heterocycles. The van der Waals surface area contributed by atoms with E-state index < -0.39 is 0 Å². The molecule has 1 saturated heterocycles. The number of piperidine rings is 1. The number of nitrogens with one attached hydrogen (secondary N) is 1. The highest BCUT2D eigenvalue weighted by Crippen LogP contribution is 2.20. The molecule has 0 atom stereocenters. The molecular weight excluding hydrogens is 232 g/mol. The van der Waals surface area contributed by atoms with Gasteiger partial charge in [0.1, 0.15) is 0 Å². The normalized spacial score (nSPS) is 16.1. The Morgan fingerprint density at radius 2 is 1.74 bits per heavy atom. The predicted octanol–water partition coefficient (Wildman–Crippen LogP) is 3.81. The van der Waals surface area contributed by atoms with E-state index in [1.165, 1.54) is 50.0 Å². The topological polar surface area (TPSA) is 15.3 Å². The molecule has 0 saturated carbocycles. The van der Waals surface area contributed by atoms with Crippen LogP contribution in [0.1, 0.15) is 45.1 Å². The minimum absolute atomic E-state index is 0.786. The number of hydrogen-bond donors (Lipinski definition) is 1. The Kier molecular flexibility index (Phi) is 5.71. The van der Waals surface area contributed by atoms with Crippen molar-refractivity contribution >= 4 is 5.69 Å². The third kappa shape index (κ3) is 4.87. The van der Waals surface area contributed by atoms with Crippen molar-refractivity contribution in [3.63, 3.8) is 0 Å². The fraction of sp³-hybridized carbons (Fsp3) is 0.647. The Morgan fingerprint density at radius 1 is 1.05 bits per heavy atom. The minimum Gasteiger partial charge on any atom is -0.372 e. The minimum atomic E-state index is 0.786. The van der Waals surface area contributed by atoms with Crippen molar-refractivity contribution in [2.75, 3.05) is 24.5 Å². The van der Waals surface area contributed by atoms with Gasteiger partial charge in [0.25, 0.3) is 0 Å². The van der Waals surface area contributed by atoms with Crippen molar-refractivity contribution in [2.45, 2.75) is 46.1 Å². The lowest BCUT2D eigenvalue weighted by atomic mass is 10.1. The molecular formula is C17H28N2. The molecule has 1 fully saturated rings. The van der Waals surface area contributed by atoms with E-state index in [4.69, 9.17) is 0 Å². The first-order valence-corrected chi connectivity index (χ1v) is 7.80. The van der Waals surface area contributed by atoms with Gasteiger partial charge in [-0.25, -0.2) is 0 Å². The van der Waals surface area contributed by atoms with Gasteiger partial charge in [0.05, 0.1) is 0 Å². The van der Waals surface area contributed by atoms with Crippen LogP contribution in [0.25, 0.3) is 0 Å². The maximum Gasteiger partial charge on any atom is 0.0366 e. The summed E-state index contributed by atoms with van der Waals surface area (Å²) in [6.45, 7) is 9.11. The van der Waals surface area contributed by atoms with Crippen LogP contribution in [0, 0.1) is 5.92 Å². The molecule has 1 N–H and O–H groups in total. The van der Waals surface area contributed by atoms with E-state index in [9.17, 15) is 0 Å². The lowest BCUT2D eigenvalue weighted by Crippen LogP contribution is -2.29. The zero-order valence-electron chi connectivity index (χ0n) is 12.5. The lowest BCUT2D eigenvalue weighted by molar-refractivity contribution is 0.537. The molecule has 2 rings (SSSR count). The summed E-state index contributed by atoms with van der Waals surface area (Å²) in [7, 11) is 0. The predicted molar refractivity (Wildman–Crippen MR) is 83.7 cm³/mol. The summed E-state index contributed by atoms with van der Waals surface area (Å²) in [4.78, 5) is 2.51. The third-order valence-corrected chi connectivity index (χ3v) is 3.89. The molecule has 1 aliphatic heterocycles. The first-order chi connectivity index (χ1) is 9.25. The van der Waals surface area contributed by atoms with Crippen molar-refractivity contribution in [3.05, 3.63) is 29.8 Å². The van der Waals surface area contributed by atoms with E-state index in [1.807, 2.05) is 0 Å². The largest absolute Gasteiger partial charge is 0.372 e. The average Bonchev–Trinajstić information content (AvgIpc) is 2.45. The van der Waals surface area contributed by atoms with E-state index in [1.54, 1.807) is 0 Å². The van der Waals surface area contributed by atoms with Gasteiger partial charge < -0.3 is 10.2 Å². The number of nitrogens with zero attached hydrogens (tertiary/aromatic N) is 1. The van der Waals surface area contributed by atoms with E-state index in [0.29, 0.717) is 0 Å². The van der Waals surface area contributed by atoms with Gasteiger partial charge in [-0.1, -0.05) is 26.0 Å².